The van der Waals surface area contributed by atoms with Crippen LogP contribution in [0, 0.1) is 0 Å². The van der Waals surface area contributed by atoms with Crippen LogP contribution in [0.15, 0.2) is 54.9 Å². The maximum Gasteiger partial charge on any atom is 0.315 e. The van der Waals surface area contributed by atoms with Crippen LogP contribution in [0.3, 0.4) is 0 Å². The van der Waals surface area contributed by atoms with Crippen LogP contribution in [-0.4, -0.2) is 44.9 Å². The Bertz CT molecular complexity index is 993. The second-order valence-electron chi connectivity index (χ2n) is 6.90. The van der Waals surface area contributed by atoms with Gasteiger partial charge in [-0.1, -0.05) is 30.3 Å². The van der Waals surface area contributed by atoms with Gasteiger partial charge >= 0.3 is 6.43 Å². The third-order valence-corrected chi connectivity index (χ3v) is 4.65. The highest BCUT2D eigenvalue weighted by molar-refractivity contribution is 5.79. The van der Waals surface area contributed by atoms with E-state index in [0.717, 1.165) is 22.6 Å². The van der Waals surface area contributed by atoms with Crippen molar-refractivity contribution in [1.82, 2.24) is 20.1 Å². The molecule has 0 aliphatic rings. The van der Waals surface area contributed by atoms with E-state index in [9.17, 15) is 23.1 Å². The molecule has 3 N–H and O–H groups in total. The number of carbonyl (C=O) groups is 1. The second kappa shape index (κ2) is 10.1. The SMILES string of the molecule is Cn1ccc(NCc2ccc(-c3ccc([C@H](O)[C@@H](CF)NC(=O)C(F)F)cc3)cn2)n1. The Morgan fingerprint density at radius 2 is 1.84 bits per heavy atom. The highest BCUT2D eigenvalue weighted by atomic mass is 19.3. The van der Waals surface area contributed by atoms with Crippen LogP contribution in [0.5, 0.6) is 0 Å². The quantitative estimate of drug-likeness (QED) is 0.483. The minimum absolute atomic E-state index is 0.296. The Labute approximate surface area is 176 Å². The minimum atomic E-state index is -3.28. The molecule has 3 aromatic rings. The number of hydrogen-bond acceptors (Lipinski definition) is 5. The van der Waals surface area contributed by atoms with E-state index >= 15 is 0 Å². The van der Waals surface area contributed by atoms with Crippen molar-refractivity contribution in [1.29, 1.82) is 0 Å². The number of nitrogens with one attached hydrogen (secondary N) is 2. The first-order valence-corrected chi connectivity index (χ1v) is 9.48. The lowest BCUT2D eigenvalue weighted by atomic mass is 9.99. The van der Waals surface area contributed by atoms with Crippen molar-refractivity contribution in [2.24, 2.45) is 7.05 Å². The number of aliphatic hydroxyl groups excluding tert-OH is 1. The zero-order chi connectivity index (χ0) is 22.4. The van der Waals surface area contributed by atoms with Crippen LogP contribution in [0.2, 0.25) is 0 Å². The molecule has 2 atom stereocenters. The first-order chi connectivity index (χ1) is 14.9. The van der Waals surface area contributed by atoms with E-state index in [-0.39, 0.29) is 0 Å². The number of nitrogens with zero attached hydrogens (tertiary/aromatic N) is 3. The summed E-state index contributed by atoms with van der Waals surface area (Å²) in [4.78, 5) is 15.5. The summed E-state index contributed by atoms with van der Waals surface area (Å²) in [6.45, 7) is -0.670. The summed E-state index contributed by atoms with van der Waals surface area (Å²) in [7, 11) is 1.83. The van der Waals surface area contributed by atoms with Crippen LogP contribution in [-0.2, 0) is 18.4 Å². The minimum Gasteiger partial charge on any atom is -0.386 e. The van der Waals surface area contributed by atoms with Gasteiger partial charge in [-0.3, -0.25) is 14.5 Å². The maximum absolute atomic E-state index is 13.1. The largest absolute Gasteiger partial charge is 0.386 e. The fraction of sp³-hybridized carbons (Fsp3) is 0.286. The van der Waals surface area contributed by atoms with Gasteiger partial charge in [0.1, 0.15) is 18.6 Å². The first-order valence-electron chi connectivity index (χ1n) is 9.48. The molecule has 0 bridgehead atoms. The summed E-state index contributed by atoms with van der Waals surface area (Å²) in [6.07, 6.45) is -1.20. The van der Waals surface area contributed by atoms with Gasteiger partial charge in [0.2, 0.25) is 0 Å². The fourth-order valence-corrected chi connectivity index (χ4v) is 2.94. The van der Waals surface area contributed by atoms with Gasteiger partial charge in [0.25, 0.3) is 5.91 Å². The number of aliphatic hydroxyl groups is 1. The topological polar surface area (TPSA) is 92.1 Å². The lowest BCUT2D eigenvalue weighted by molar-refractivity contribution is -0.133. The van der Waals surface area contributed by atoms with Gasteiger partial charge in [-0.05, 0) is 17.2 Å². The Balaban J connectivity index is 1.63. The van der Waals surface area contributed by atoms with Gasteiger partial charge < -0.3 is 15.7 Å². The summed E-state index contributed by atoms with van der Waals surface area (Å²) in [5.41, 5.74) is 2.75. The summed E-state index contributed by atoms with van der Waals surface area (Å²) in [5.74, 6) is -0.874. The summed E-state index contributed by atoms with van der Waals surface area (Å²) in [5, 5.41) is 19.4. The number of benzene rings is 1. The molecule has 0 radical (unpaired) electrons. The average Bonchev–Trinajstić information content (AvgIpc) is 3.21. The number of pyridine rings is 1. The highest BCUT2D eigenvalue weighted by Crippen LogP contribution is 2.24. The number of aromatic nitrogens is 3. The van der Waals surface area contributed by atoms with E-state index < -0.39 is 31.2 Å². The molecule has 0 saturated heterocycles. The number of halogens is 3. The molecular formula is C21H22F3N5O2. The molecule has 164 valence electrons. The van der Waals surface area contributed by atoms with E-state index in [2.05, 4.69) is 15.4 Å². The van der Waals surface area contributed by atoms with E-state index in [4.69, 9.17) is 0 Å². The van der Waals surface area contributed by atoms with E-state index in [0.29, 0.717) is 12.1 Å². The predicted octanol–water partition coefficient (Wildman–Crippen LogP) is 2.85. The monoisotopic (exact) mass is 433 g/mol. The van der Waals surface area contributed by atoms with Gasteiger partial charge in [-0.2, -0.15) is 13.9 Å². The molecule has 10 heteroatoms. The lowest BCUT2D eigenvalue weighted by Crippen LogP contribution is -2.43. The number of hydrogen-bond donors (Lipinski definition) is 3. The number of alkyl halides is 3. The van der Waals surface area contributed by atoms with Crippen LogP contribution in [0.4, 0.5) is 19.0 Å². The summed E-state index contributed by atoms with van der Waals surface area (Å²) in [6, 6.07) is 10.7. The molecular weight excluding hydrogens is 411 g/mol. The van der Waals surface area contributed by atoms with Crippen LogP contribution in [0.1, 0.15) is 17.4 Å². The van der Waals surface area contributed by atoms with Gasteiger partial charge in [-0.15, -0.1) is 0 Å². The Hall–Kier alpha value is -3.40. The van der Waals surface area contributed by atoms with Gasteiger partial charge in [0, 0.05) is 31.1 Å². The zero-order valence-electron chi connectivity index (χ0n) is 16.7. The number of amides is 1. The van der Waals surface area contributed by atoms with Crippen molar-refractivity contribution in [3.8, 4) is 11.1 Å². The van der Waals surface area contributed by atoms with Crippen molar-refractivity contribution < 1.29 is 23.1 Å². The van der Waals surface area contributed by atoms with Crippen molar-refractivity contribution in [2.75, 3.05) is 12.0 Å². The smallest absolute Gasteiger partial charge is 0.315 e. The zero-order valence-corrected chi connectivity index (χ0v) is 16.7. The van der Waals surface area contributed by atoms with E-state index in [1.165, 1.54) is 0 Å². The Kier molecular flexibility index (Phi) is 7.24. The van der Waals surface area contributed by atoms with Crippen LogP contribution < -0.4 is 10.6 Å². The third kappa shape index (κ3) is 5.82. The predicted molar refractivity (Wildman–Crippen MR) is 109 cm³/mol. The molecule has 3 rings (SSSR count). The van der Waals surface area contributed by atoms with E-state index in [1.54, 1.807) is 40.5 Å². The Morgan fingerprint density at radius 1 is 1.13 bits per heavy atom. The van der Waals surface area contributed by atoms with Crippen molar-refractivity contribution in [3.05, 3.63) is 66.1 Å². The fourth-order valence-electron chi connectivity index (χ4n) is 2.94. The van der Waals surface area contributed by atoms with Gasteiger partial charge in [0.05, 0.1) is 18.3 Å². The molecule has 0 saturated carbocycles. The number of carbonyl (C=O) groups excluding carboxylic acids is 1. The molecule has 31 heavy (non-hydrogen) atoms. The molecule has 0 unspecified atom stereocenters. The first kappa shape index (κ1) is 22.3. The second-order valence-corrected chi connectivity index (χ2v) is 6.90. The molecule has 7 nitrogen and oxygen atoms in total. The van der Waals surface area contributed by atoms with Crippen molar-refractivity contribution >= 4 is 11.7 Å². The molecule has 0 aliphatic carbocycles. The van der Waals surface area contributed by atoms with Crippen LogP contribution in [0.25, 0.3) is 11.1 Å². The number of aryl methyl sites for hydroxylation is 1. The highest BCUT2D eigenvalue weighted by Gasteiger charge is 2.26. The number of anilines is 1. The molecule has 2 heterocycles. The standard InChI is InChI=1S/C21H22F3N5O2/c1-29-9-8-18(28-29)26-12-16-7-6-15(11-25-16)13-2-4-14(5-3-13)19(30)17(10-22)27-21(31)20(23)24/h2-9,11,17,19-20,30H,10,12H2,1H3,(H,26,28)(H,27,31)/t17-,19+/m1/s1. The molecule has 0 spiro atoms. The summed E-state index contributed by atoms with van der Waals surface area (Å²) < 4.78 is 39.6. The molecule has 0 fully saturated rings. The van der Waals surface area contributed by atoms with Gasteiger partial charge in [-0.25, -0.2) is 4.39 Å². The molecule has 1 amide bonds. The third-order valence-electron chi connectivity index (χ3n) is 4.65. The van der Waals surface area contributed by atoms with Crippen molar-refractivity contribution in [3.63, 3.8) is 0 Å². The van der Waals surface area contributed by atoms with Crippen LogP contribution >= 0.6 is 0 Å². The van der Waals surface area contributed by atoms with Crippen molar-refractivity contribution in [2.45, 2.75) is 25.1 Å². The van der Waals surface area contributed by atoms with E-state index in [1.807, 2.05) is 31.4 Å². The summed E-state index contributed by atoms with van der Waals surface area (Å²) >= 11 is 0. The molecule has 1 aromatic carbocycles. The molecule has 2 aromatic heterocycles. The molecule has 0 aliphatic heterocycles. The normalized spacial score (nSPS) is 13.1. The maximum atomic E-state index is 13.1. The van der Waals surface area contributed by atoms with Gasteiger partial charge in [0.15, 0.2) is 0 Å². The number of rotatable bonds is 9. The Morgan fingerprint density at radius 3 is 2.39 bits per heavy atom. The average molecular weight is 433 g/mol. The lowest BCUT2D eigenvalue weighted by Gasteiger charge is -2.22.